The number of alkyl halides is 1. The summed E-state index contributed by atoms with van der Waals surface area (Å²) in [5, 5.41) is 4.93. The van der Waals surface area contributed by atoms with Crippen molar-refractivity contribution >= 4 is 34.0 Å². The van der Waals surface area contributed by atoms with Crippen LogP contribution in [0, 0.1) is 0 Å². The molecule has 1 heterocycles. The van der Waals surface area contributed by atoms with Crippen molar-refractivity contribution in [3.05, 3.63) is 11.1 Å². The minimum absolute atomic E-state index is 0.0564. The first kappa shape index (κ1) is 10.4. The van der Waals surface area contributed by atoms with E-state index in [-0.39, 0.29) is 11.8 Å². The summed E-state index contributed by atoms with van der Waals surface area (Å²) >= 11 is 6.66. The van der Waals surface area contributed by atoms with Crippen LogP contribution in [0.3, 0.4) is 0 Å². The van der Waals surface area contributed by atoms with Crippen LogP contribution in [0.15, 0.2) is 5.38 Å². The second kappa shape index (κ2) is 5.16. The van der Waals surface area contributed by atoms with Gasteiger partial charge in [0.2, 0.25) is 5.91 Å². The lowest BCUT2D eigenvalue weighted by molar-refractivity contribution is -0.113. The van der Waals surface area contributed by atoms with E-state index in [9.17, 15) is 4.79 Å². The van der Waals surface area contributed by atoms with Crippen molar-refractivity contribution in [1.29, 1.82) is 0 Å². The number of nitrogens with one attached hydrogen (secondary N) is 1. The molecular formula is C7H9ClN2O2S. The molecule has 0 aliphatic carbocycles. The van der Waals surface area contributed by atoms with Gasteiger partial charge in [-0.2, -0.15) is 0 Å². The third-order valence-electron chi connectivity index (χ3n) is 1.21. The summed E-state index contributed by atoms with van der Waals surface area (Å²) in [6.45, 7) is 0.452. The van der Waals surface area contributed by atoms with Crippen molar-refractivity contribution in [1.82, 2.24) is 4.98 Å². The van der Waals surface area contributed by atoms with Crippen LogP contribution < -0.4 is 5.32 Å². The summed E-state index contributed by atoms with van der Waals surface area (Å²) < 4.78 is 4.88. The van der Waals surface area contributed by atoms with Crippen LogP contribution in [-0.2, 0) is 16.1 Å². The molecule has 13 heavy (non-hydrogen) atoms. The zero-order valence-corrected chi connectivity index (χ0v) is 8.61. The number of thiazole rings is 1. The number of rotatable bonds is 4. The van der Waals surface area contributed by atoms with Crippen LogP contribution in [0.2, 0.25) is 0 Å². The highest BCUT2D eigenvalue weighted by Gasteiger charge is 2.04. The smallest absolute Gasteiger partial charge is 0.241 e. The number of anilines is 1. The van der Waals surface area contributed by atoms with Crippen LogP contribution in [0.1, 0.15) is 5.69 Å². The normalized spacial score (nSPS) is 10.0. The van der Waals surface area contributed by atoms with Crippen LogP contribution >= 0.6 is 22.9 Å². The molecule has 0 unspecified atom stereocenters. The molecule has 0 radical (unpaired) electrons. The number of hydrogen-bond acceptors (Lipinski definition) is 4. The fourth-order valence-electron chi connectivity index (χ4n) is 0.731. The van der Waals surface area contributed by atoms with Gasteiger partial charge in [-0.25, -0.2) is 4.98 Å². The highest BCUT2D eigenvalue weighted by Crippen LogP contribution is 2.15. The second-order valence-electron chi connectivity index (χ2n) is 2.26. The van der Waals surface area contributed by atoms with Gasteiger partial charge in [-0.15, -0.1) is 22.9 Å². The molecule has 1 aromatic heterocycles. The SMILES string of the molecule is COCc1csc(NC(=O)CCl)n1. The highest BCUT2D eigenvalue weighted by molar-refractivity contribution is 7.13. The Balaban J connectivity index is 2.53. The van der Waals surface area contributed by atoms with E-state index in [1.165, 1.54) is 11.3 Å². The maximum atomic E-state index is 10.8. The van der Waals surface area contributed by atoms with Crippen LogP contribution in [0.4, 0.5) is 5.13 Å². The molecule has 0 fully saturated rings. The van der Waals surface area contributed by atoms with Crippen molar-refractivity contribution in [2.24, 2.45) is 0 Å². The fraction of sp³-hybridized carbons (Fsp3) is 0.429. The minimum Gasteiger partial charge on any atom is -0.378 e. The molecule has 1 amide bonds. The van der Waals surface area contributed by atoms with Crippen LogP contribution in [0.5, 0.6) is 0 Å². The van der Waals surface area contributed by atoms with Crippen molar-refractivity contribution < 1.29 is 9.53 Å². The molecule has 1 N–H and O–H groups in total. The summed E-state index contributed by atoms with van der Waals surface area (Å²) in [6, 6.07) is 0. The second-order valence-corrected chi connectivity index (χ2v) is 3.38. The number of halogens is 1. The Morgan fingerprint density at radius 2 is 2.62 bits per heavy atom. The Bertz CT molecular complexity index is 290. The lowest BCUT2D eigenvalue weighted by atomic mass is 10.5. The third kappa shape index (κ3) is 3.30. The maximum absolute atomic E-state index is 10.8. The zero-order chi connectivity index (χ0) is 9.68. The molecule has 0 aliphatic rings. The number of aromatic nitrogens is 1. The molecule has 0 bridgehead atoms. The summed E-state index contributed by atoms with van der Waals surface area (Å²) in [7, 11) is 1.59. The third-order valence-corrected chi connectivity index (χ3v) is 2.26. The molecule has 6 heteroatoms. The number of hydrogen-bond donors (Lipinski definition) is 1. The Morgan fingerprint density at radius 3 is 3.23 bits per heavy atom. The lowest BCUT2D eigenvalue weighted by Crippen LogP contribution is -2.12. The van der Waals surface area contributed by atoms with Gasteiger partial charge in [-0.3, -0.25) is 4.79 Å². The Kier molecular flexibility index (Phi) is 4.14. The Labute approximate surface area is 84.9 Å². The van der Waals surface area contributed by atoms with Gasteiger partial charge < -0.3 is 10.1 Å². The van der Waals surface area contributed by atoms with E-state index in [4.69, 9.17) is 16.3 Å². The molecule has 0 atom stereocenters. The number of nitrogens with zero attached hydrogens (tertiary/aromatic N) is 1. The van der Waals surface area contributed by atoms with Gasteiger partial charge in [0.05, 0.1) is 12.3 Å². The molecule has 0 spiro atoms. The molecule has 4 nitrogen and oxygen atoms in total. The monoisotopic (exact) mass is 220 g/mol. The summed E-state index contributed by atoms with van der Waals surface area (Å²) in [4.78, 5) is 14.9. The van der Waals surface area contributed by atoms with E-state index in [1.807, 2.05) is 5.38 Å². The summed E-state index contributed by atoms with van der Waals surface area (Å²) in [5.41, 5.74) is 0.803. The Morgan fingerprint density at radius 1 is 1.85 bits per heavy atom. The molecule has 0 aliphatic heterocycles. The van der Waals surface area contributed by atoms with E-state index in [0.29, 0.717) is 11.7 Å². The van der Waals surface area contributed by atoms with E-state index < -0.39 is 0 Å². The van der Waals surface area contributed by atoms with Gasteiger partial charge in [-0.05, 0) is 0 Å². The predicted octanol–water partition coefficient (Wildman–Crippen LogP) is 1.47. The number of amides is 1. The minimum atomic E-state index is -0.250. The topological polar surface area (TPSA) is 51.2 Å². The van der Waals surface area contributed by atoms with Gasteiger partial charge in [0.15, 0.2) is 5.13 Å². The average Bonchev–Trinajstić information content (AvgIpc) is 2.53. The van der Waals surface area contributed by atoms with Gasteiger partial charge in [0, 0.05) is 12.5 Å². The van der Waals surface area contributed by atoms with E-state index >= 15 is 0 Å². The van der Waals surface area contributed by atoms with Crippen molar-refractivity contribution in [2.75, 3.05) is 18.3 Å². The van der Waals surface area contributed by atoms with Gasteiger partial charge in [0.25, 0.3) is 0 Å². The van der Waals surface area contributed by atoms with Crippen molar-refractivity contribution in [3.8, 4) is 0 Å². The van der Waals surface area contributed by atoms with Crippen molar-refractivity contribution in [3.63, 3.8) is 0 Å². The standard InChI is InChI=1S/C7H9ClN2O2S/c1-12-3-5-4-13-7(9-5)10-6(11)2-8/h4H,2-3H2,1H3,(H,9,10,11). The van der Waals surface area contributed by atoms with Crippen molar-refractivity contribution in [2.45, 2.75) is 6.61 Å². The molecule has 0 saturated heterocycles. The van der Waals surface area contributed by atoms with E-state index in [0.717, 1.165) is 5.69 Å². The lowest BCUT2D eigenvalue weighted by Gasteiger charge is -1.95. The van der Waals surface area contributed by atoms with Crippen LogP contribution in [-0.4, -0.2) is 23.9 Å². The number of methoxy groups -OCH3 is 1. The summed E-state index contributed by atoms with van der Waals surface area (Å²) in [5.74, 6) is -0.306. The predicted molar refractivity (Wildman–Crippen MR) is 52.2 cm³/mol. The first-order chi connectivity index (χ1) is 6.26. The van der Waals surface area contributed by atoms with E-state index in [2.05, 4.69) is 10.3 Å². The molecule has 1 rings (SSSR count). The van der Waals surface area contributed by atoms with Gasteiger partial charge in [-0.1, -0.05) is 0 Å². The largest absolute Gasteiger partial charge is 0.378 e. The van der Waals surface area contributed by atoms with E-state index in [1.54, 1.807) is 7.11 Å². The number of carbonyl (C=O) groups excluding carboxylic acids is 1. The molecule has 0 aromatic carbocycles. The fourth-order valence-corrected chi connectivity index (χ4v) is 1.51. The maximum Gasteiger partial charge on any atom is 0.241 e. The quantitative estimate of drug-likeness (QED) is 0.782. The van der Waals surface area contributed by atoms with Gasteiger partial charge in [0.1, 0.15) is 5.88 Å². The van der Waals surface area contributed by atoms with Gasteiger partial charge >= 0.3 is 0 Å². The zero-order valence-electron chi connectivity index (χ0n) is 7.04. The molecule has 1 aromatic rings. The molecule has 0 saturated carbocycles. The summed E-state index contributed by atoms with van der Waals surface area (Å²) in [6.07, 6.45) is 0. The Hall–Kier alpha value is -0.650. The van der Waals surface area contributed by atoms with Crippen LogP contribution in [0.25, 0.3) is 0 Å². The number of carbonyl (C=O) groups is 1. The molecule has 72 valence electrons. The highest BCUT2D eigenvalue weighted by atomic mass is 35.5. The first-order valence-electron chi connectivity index (χ1n) is 3.55. The number of ether oxygens (including phenoxy) is 1. The first-order valence-corrected chi connectivity index (χ1v) is 4.97. The average molecular weight is 221 g/mol. The molecular weight excluding hydrogens is 212 g/mol.